The summed E-state index contributed by atoms with van der Waals surface area (Å²) in [6.07, 6.45) is 0.296. The van der Waals surface area contributed by atoms with Gasteiger partial charge in [0.25, 0.3) is 0 Å². The van der Waals surface area contributed by atoms with E-state index in [1.165, 1.54) is 0 Å². The molecule has 116 valence electrons. The number of hydrogen-bond donors (Lipinski definition) is 3. The van der Waals surface area contributed by atoms with Gasteiger partial charge in [-0.1, -0.05) is 27.7 Å². The topological polar surface area (TPSA) is 87.3 Å². The highest BCUT2D eigenvalue weighted by Gasteiger charge is 2.29. The third kappa shape index (κ3) is 7.23. The molecule has 0 aliphatic heterocycles. The summed E-state index contributed by atoms with van der Waals surface area (Å²) >= 11 is 0. The average molecular weight is 285 g/mol. The van der Waals surface area contributed by atoms with Crippen LogP contribution < -0.4 is 16.0 Å². The van der Waals surface area contributed by atoms with E-state index in [0.29, 0.717) is 13.1 Å². The molecule has 3 N–H and O–H groups in total. The zero-order chi connectivity index (χ0) is 15.8. The number of nitrogens with one attached hydrogen (secondary N) is 3. The van der Waals surface area contributed by atoms with E-state index >= 15 is 0 Å². The number of carbonyl (C=O) groups excluding carboxylic acids is 3. The van der Waals surface area contributed by atoms with Crippen LogP contribution in [0.25, 0.3) is 0 Å². The van der Waals surface area contributed by atoms with Gasteiger partial charge in [0.15, 0.2) is 0 Å². The van der Waals surface area contributed by atoms with Crippen molar-refractivity contribution in [2.24, 2.45) is 5.41 Å². The normalized spacial score (nSPS) is 12.7. The van der Waals surface area contributed by atoms with Crippen LogP contribution in [-0.4, -0.2) is 43.8 Å². The maximum Gasteiger partial charge on any atom is 0.243 e. The van der Waals surface area contributed by atoms with Crippen molar-refractivity contribution in [1.29, 1.82) is 0 Å². The number of Topliss-reactive ketones (excluding diaryl/α,β-unsaturated/α-hetero) is 1. The van der Waals surface area contributed by atoms with Gasteiger partial charge in [-0.15, -0.1) is 0 Å². The van der Waals surface area contributed by atoms with Gasteiger partial charge < -0.3 is 16.0 Å². The summed E-state index contributed by atoms with van der Waals surface area (Å²) < 4.78 is 0. The van der Waals surface area contributed by atoms with Crippen molar-refractivity contribution >= 4 is 17.6 Å². The Bertz CT molecular complexity index is 348. The molecule has 0 heterocycles. The molecule has 2 amide bonds. The van der Waals surface area contributed by atoms with Crippen molar-refractivity contribution in [2.75, 3.05) is 20.1 Å². The summed E-state index contributed by atoms with van der Waals surface area (Å²) in [5, 5.41) is 8.22. The minimum atomic E-state index is -0.800. The molecular weight excluding hydrogens is 258 g/mol. The molecule has 1 unspecified atom stereocenters. The van der Waals surface area contributed by atoms with E-state index in [0.717, 1.165) is 0 Å². The second-order valence-electron chi connectivity index (χ2n) is 5.75. The fraction of sp³-hybridized carbons (Fsp3) is 0.786. The maximum absolute atomic E-state index is 12.0. The van der Waals surface area contributed by atoms with Crippen LogP contribution in [0, 0.1) is 5.41 Å². The lowest BCUT2D eigenvalue weighted by molar-refractivity contribution is -0.133. The molecule has 0 rings (SSSR count). The van der Waals surface area contributed by atoms with Crippen LogP contribution >= 0.6 is 0 Å². The zero-order valence-corrected chi connectivity index (χ0v) is 13.1. The number of carbonyl (C=O) groups is 3. The number of likely N-dealkylation sites (N-methyl/N-ethyl adjacent to an activating group) is 1. The number of hydrogen-bond acceptors (Lipinski definition) is 4. The Labute approximate surface area is 121 Å². The molecule has 0 saturated carbocycles. The smallest absolute Gasteiger partial charge is 0.243 e. The van der Waals surface area contributed by atoms with Crippen LogP contribution in [0.1, 0.15) is 40.5 Å². The van der Waals surface area contributed by atoms with Crippen molar-refractivity contribution in [3.63, 3.8) is 0 Å². The van der Waals surface area contributed by atoms with E-state index < -0.39 is 11.5 Å². The fourth-order valence-corrected chi connectivity index (χ4v) is 1.43. The maximum atomic E-state index is 12.0. The minimum absolute atomic E-state index is 0.0145. The van der Waals surface area contributed by atoms with E-state index in [4.69, 9.17) is 0 Å². The van der Waals surface area contributed by atoms with Gasteiger partial charge in [-0.3, -0.25) is 14.4 Å². The van der Waals surface area contributed by atoms with Crippen LogP contribution in [0.4, 0.5) is 0 Å². The van der Waals surface area contributed by atoms with E-state index in [9.17, 15) is 14.4 Å². The van der Waals surface area contributed by atoms with Crippen LogP contribution in [0.5, 0.6) is 0 Å². The first-order chi connectivity index (χ1) is 9.22. The summed E-state index contributed by atoms with van der Waals surface area (Å²) in [4.78, 5) is 35.5. The Morgan fingerprint density at radius 1 is 1.10 bits per heavy atom. The lowest BCUT2D eigenvalue weighted by Crippen LogP contribution is -2.49. The van der Waals surface area contributed by atoms with Crippen molar-refractivity contribution in [3.8, 4) is 0 Å². The Hall–Kier alpha value is -1.43. The standard InChI is InChI=1S/C14H27N3O3/c1-6-12(19)17-10(9-11(18)14(2,3)4)13(20)16-8-7-15-5/h10,15H,6-9H2,1-5H3,(H,16,20)(H,17,19). The third-order valence-electron chi connectivity index (χ3n) is 2.87. The molecule has 0 aromatic heterocycles. The highest BCUT2D eigenvalue weighted by molar-refractivity contribution is 5.94. The first kappa shape index (κ1) is 18.6. The van der Waals surface area contributed by atoms with Crippen LogP contribution in [0.2, 0.25) is 0 Å². The molecule has 6 nitrogen and oxygen atoms in total. The molecule has 0 radical (unpaired) electrons. The molecule has 0 aliphatic carbocycles. The zero-order valence-electron chi connectivity index (χ0n) is 13.1. The van der Waals surface area contributed by atoms with E-state index in [-0.39, 0.29) is 30.4 Å². The first-order valence-corrected chi connectivity index (χ1v) is 6.97. The van der Waals surface area contributed by atoms with E-state index in [1.54, 1.807) is 34.7 Å². The van der Waals surface area contributed by atoms with Crippen molar-refractivity contribution in [2.45, 2.75) is 46.6 Å². The number of ketones is 1. The second-order valence-corrected chi connectivity index (χ2v) is 5.75. The van der Waals surface area contributed by atoms with Crippen LogP contribution in [0.3, 0.4) is 0 Å². The molecule has 0 bridgehead atoms. The summed E-state index contributed by atoms with van der Waals surface area (Å²) in [6.45, 7) is 8.19. The Morgan fingerprint density at radius 2 is 1.70 bits per heavy atom. The van der Waals surface area contributed by atoms with Gasteiger partial charge in [-0.2, -0.15) is 0 Å². The van der Waals surface area contributed by atoms with Crippen molar-refractivity contribution in [3.05, 3.63) is 0 Å². The summed E-state index contributed by atoms with van der Waals surface area (Å²) in [7, 11) is 1.78. The second kappa shape index (κ2) is 8.68. The molecule has 1 atom stereocenters. The molecule has 0 aromatic carbocycles. The van der Waals surface area contributed by atoms with Crippen molar-refractivity contribution < 1.29 is 14.4 Å². The molecular formula is C14H27N3O3. The molecule has 0 spiro atoms. The van der Waals surface area contributed by atoms with E-state index in [2.05, 4.69) is 16.0 Å². The highest BCUT2D eigenvalue weighted by atomic mass is 16.2. The van der Waals surface area contributed by atoms with Gasteiger partial charge in [0.2, 0.25) is 11.8 Å². The quantitative estimate of drug-likeness (QED) is 0.557. The lowest BCUT2D eigenvalue weighted by Gasteiger charge is -2.22. The number of amides is 2. The number of rotatable bonds is 8. The Morgan fingerprint density at radius 3 is 2.15 bits per heavy atom. The minimum Gasteiger partial charge on any atom is -0.353 e. The molecule has 0 fully saturated rings. The fourth-order valence-electron chi connectivity index (χ4n) is 1.43. The highest BCUT2D eigenvalue weighted by Crippen LogP contribution is 2.17. The van der Waals surface area contributed by atoms with Gasteiger partial charge >= 0.3 is 0 Å². The third-order valence-corrected chi connectivity index (χ3v) is 2.87. The largest absolute Gasteiger partial charge is 0.353 e. The van der Waals surface area contributed by atoms with Gasteiger partial charge in [-0.25, -0.2) is 0 Å². The Balaban J connectivity index is 4.67. The van der Waals surface area contributed by atoms with Crippen molar-refractivity contribution in [1.82, 2.24) is 16.0 Å². The summed E-state index contributed by atoms with van der Waals surface area (Å²) in [5.41, 5.74) is -0.527. The predicted molar refractivity (Wildman–Crippen MR) is 78.2 cm³/mol. The summed E-state index contributed by atoms with van der Waals surface area (Å²) in [5.74, 6) is -0.609. The van der Waals surface area contributed by atoms with Gasteiger partial charge in [0.05, 0.1) is 0 Å². The van der Waals surface area contributed by atoms with Gasteiger partial charge in [0.1, 0.15) is 11.8 Å². The van der Waals surface area contributed by atoms with Gasteiger partial charge in [-0.05, 0) is 7.05 Å². The monoisotopic (exact) mass is 285 g/mol. The van der Waals surface area contributed by atoms with Crippen LogP contribution in [-0.2, 0) is 14.4 Å². The lowest BCUT2D eigenvalue weighted by atomic mass is 9.87. The summed E-state index contributed by atoms with van der Waals surface area (Å²) in [6, 6.07) is -0.800. The molecule has 6 heteroatoms. The van der Waals surface area contributed by atoms with Crippen LogP contribution in [0.15, 0.2) is 0 Å². The molecule has 0 saturated heterocycles. The Kier molecular flexibility index (Phi) is 8.06. The first-order valence-electron chi connectivity index (χ1n) is 6.97. The van der Waals surface area contributed by atoms with Gasteiger partial charge in [0, 0.05) is 31.3 Å². The average Bonchev–Trinajstić information content (AvgIpc) is 2.36. The SMILES string of the molecule is CCC(=O)NC(CC(=O)C(C)(C)C)C(=O)NCCNC. The molecule has 20 heavy (non-hydrogen) atoms. The van der Waals surface area contributed by atoms with E-state index in [1.807, 2.05) is 0 Å². The predicted octanol–water partition coefficient (Wildman–Crippen LogP) is 0.222. The molecule has 0 aliphatic rings. The molecule has 0 aromatic rings.